The Kier molecular flexibility index (Phi) is 3.92. The predicted molar refractivity (Wildman–Crippen MR) is 69.0 cm³/mol. The van der Waals surface area contributed by atoms with E-state index in [0.29, 0.717) is 12.0 Å². The Morgan fingerprint density at radius 2 is 1.88 bits per heavy atom. The molecule has 0 spiro atoms. The first-order valence-electron chi connectivity index (χ1n) is 6.73. The maximum absolute atomic E-state index is 4.56. The van der Waals surface area contributed by atoms with Crippen LogP contribution >= 0.6 is 0 Å². The highest BCUT2D eigenvalue weighted by molar-refractivity contribution is 5.27. The average Bonchev–Trinajstić information content (AvgIpc) is 2.26. The summed E-state index contributed by atoms with van der Waals surface area (Å²) in [7, 11) is 0. The number of nitrogens with one attached hydrogen (secondary N) is 1. The van der Waals surface area contributed by atoms with Gasteiger partial charge in [0.1, 0.15) is 0 Å². The zero-order valence-electron chi connectivity index (χ0n) is 11.0. The Balaban J connectivity index is 2.05. The van der Waals surface area contributed by atoms with Crippen molar-refractivity contribution < 1.29 is 0 Å². The highest BCUT2D eigenvalue weighted by atomic mass is 15.2. The van der Waals surface area contributed by atoms with Crippen LogP contribution in [-0.4, -0.2) is 21.2 Å². The van der Waals surface area contributed by atoms with Gasteiger partial charge in [-0.1, -0.05) is 20.3 Å². The van der Waals surface area contributed by atoms with Crippen LogP contribution in [-0.2, 0) is 12.8 Å². The second kappa shape index (κ2) is 5.43. The van der Waals surface area contributed by atoms with Gasteiger partial charge in [-0.25, -0.2) is 4.98 Å². The van der Waals surface area contributed by atoms with Crippen LogP contribution in [0, 0.1) is 5.92 Å². The molecule has 1 N–H and O–H groups in total. The van der Waals surface area contributed by atoms with Gasteiger partial charge in [0.15, 0.2) is 0 Å². The molecule has 0 aromatic carbocycles. The molecule has 1 aliphatic carbocycles. The first kappa shape index (κ1) is 12.3. The molecule has 0 aliphatic heterocycles. The molecule has 17 heavy (non-hydrogen) atoms. The lowest BCUT2D eigenvalue weighted by Gasteiger charge is -2.31. The van der Waals surface area contributed by atoms with Gasteiger partial charge in [0.2, 0.25) is 5.95 Å². The quantitative estimate of drug-likeness (QED) is 0.850. The molecule has 1 saturated carbocycles. The van der Waals surface area contributed by atoms with Crippen molar-refractivity contribution >= 4 is 5.95 Å². The molecule has 4 heteroatoms. The predicted octanol–water partition coefficient (Wildman–Crippen LogP) is 2.60. The van der Waals surface area contributed by atoms with E-state index < -0.39 is 0 Å². The number of anilines is 1. The standard InChI is InChI=1S/C13H22N4/c1-4-11-12(5-2)16-17-13(15-11)14-9(3)10-7-6-8-10/h9-10H,4-8H2,1-3H3,(H,14,15,17). The van der Waals surface area contributed by atoms with Crippen molar-refractivity contribution in [3.8, 4) is 0 Å². The first-order chi connectivity index (χ1) is 8.24. The van der Waals surface area contributed by atoms with Crippen molar-refractivity contribution in [1.29, 1.82) is 0 Å². The molecule has 0 bridgehead atoms. The SMILES string of the molecule is CCc1nnc(NC(C)C2CCC2)nc1CC. The van der Waals surface area contributed by atoms with Gasteiger partial charge in [0.25, 0.3) is 0 Å². The van der Waals surface area contributed by atoms with Gasteiger partial charge in [0, 0.05) is 6.04 Å². The monoisotopic (exact) mass is 234 g/mol. The van der Waals surface area contributed by atoms with Crippen molar-refractivity contribution in [2.45, 2.75) is 58.9 Å². The summed E-state index contributed by atoms with van der Waals surface area (Å²) in [5, 5.41) is 11.8. The normalized spacial score (nSPS) is 17.6. The number of rotatable bonds is 5. The molecule has 94 valence electrons. The van der Waals surface area contributed by atoms with Gasteiger partial charge in [-0.05, 0) is 38.5 Å². The van der Waals surface area contributed by atoms with E-state index in [1.807, 2.05) is 0 Å². The highest BCUT2D eigenvalue weighted by Crippen LogP contribution is 2.30. The first-order valence-corrected chi connectivity index (χ1v) is 6.73. The number of hydrogen-bond acceptors (Lipinski definition) is 4. The Bertz CT molecular complexity index is 374. The molecule has 0 radical (unpaired) electrons. The number of nitrogens with zero attached hydrogens (tertiary/aromatic N) is 3. The Morgan fingerprint density at radius 1 is 1.18 bits per heavy atom. The van der Waals surface area contributed by atoms with E-state index in [0.717, 1.165) is 30.1 Å². The molecule has 2 rings (SSSR count). The number of hydrogen-bond donors (Lipinski definition) is 1. The van der Waals surface area contributed by atoms with E-state index in [2.05, 4.69) is 41.3 Å². The summed E-state index contributed by atoms with van der Waals surface area (Å²) in [6, 6.07) is 0.461. The van der Waals surface area contributed by atoms with Crippen LogP contribution in [0.5, 0.6) is 0 Å². The number of aromatic nitrogens is 3. The van der Waals surface area contributed by atoms with Crippen molar-refractivity contribution in [3.05, 3.63) is 11.4 Å². The molecule has 4 nitrogen and oxygen atoms in total. The van der Waals surface area contributed by atoms with E-state index in [4.69, 9.17) is 0 Å². The summed E-state index contributed by atoms with van der Waals surface area (Å²) in [5.41, 5.74) is 2.10. The minimum Gasteiger partial charge on any atom is -0.350 e. The maximum Gasteiger partial charge on any atom is 0.243 e. The Morgan fingerprint density at radius 3 is 2.41 bits per heavy atom. The second-order valence-corrected chi connectivity index (χ2v) is 4.86. The minimum absolute atomic E-state index is 0.461. The molecule has 0 saturated heterocycles. The molecule has 0 amide bonds. The van der Waals surface area contributed by atoms with Crippen LogP contribution in [0.25, 0.3) is 0 Å². The number of aryl methyl sites for hydroxylation is 2. The lowest BCUT2D eigenvalue weighted by molar-refractivity contribution is 0.284. The molecule has 1 aromatic heterocycles. The van der Waals surface area contributed by atoms with Crippen LogP contribution in [0.15, 0.2) is 0 Å². The summed E-state index contributed by atoms with van der Waals surface area (Å²) in [4.78, 5) is 4.56. The fraction of sp³-hybridized carbons (Fsp3) is 0.769. The molecule has 1 fully saturated rings. The summed E-state index contributed by atoms with van der Waals surface area (Å²) < 4.78 is 0. The van der Waals surface area contributed by atoms with Gasteiger partial charge in [-0.3, -0.25) is 0 Å². The van der Waals surface area contributed by atoms with Crippen LogP contribution in [0.2, 0.25) is 0 Å². The van der Waals surface area contributed by atoms with Crippen LogP contribution in [0.1, 0.15) is 51.4 Å². The zero-order chi connectivity index (χ0) is 12.3. The molecule has 1 atom stereocenters. The van der Waals surface area contributed by atoms with Crippen LogP contribution in [0.3, 0.4) is 0 Å². The van der Waals surface area contributed by atoms with Crippen LogP contribution in [0.4, 0.5) is 5.95 Å². The topological polar surface area (TPSA) is 50.7 Å². The van der Waals surface area contributed by atoms with Gasteiger partial charge in [-0.15, -0.1) is 5.10 Å². The van der Waals surface area contributed by atoms with E-state index in [-0.39, 0.29) is 0 Å². The third kappa shape index (κ3) is 2.73. The molecule has 1 unspecified atom stereocenters. The maximum atomic E-state index is 4.56. The highest BCUT2D eigenvalue weighted by Gasteiger charge is 2.24. The van der Waals surface area contributed by atoms with Crippen molar-refractivity contribution in [3.63, 3.8) is 0 Å². The van der Waals surface area contributed by atoms with E-state index in [1.165, 1.54) is 19.3 Å². The zero-order valence-corrected chi connectivity index (χ0v) is 11.0. The fourth-order valence-electron chi connectivity index (χ4n) is 2.26. The molecule has 1 aromatic rings. The van der Waals surface area contributed by atoms with E-state index in [9.17, 15) is 0 Å². The molecular formula is C13H22N4. The smallest absolute Gasteiger partial charge is 0.243 e. The van der Waals surface area contributed by atoms with Crippen molar-refractivity contribution in [2.24, 2.45) is 5.92 Å². The van der Waals surface area contributed by atoms with Gasteiger partial charge >= 0.3 is 0 Å². The lowest BCUT2D eigenvalue weighted by atomic mass is 9.80. The third-order valence-electron chi connectivity index (χ3n) is 3.72. The van der Waals surface area contributed by atoms with E-state index in [1.54, 1.807) is 0 Å². The molecular weight excluding hydrogens is 212 g/mol. The summed E-state index contributed by atoms with van der Waals surface area (Å²) >= 11 is 0. The largest absolute Gasteiger partial charge is 0.350 e. The minimum atomic E-state index is 0.461. The van der Waals surface area contributed by atoms with E-state index >= 15 is 0 Å². The lowest BCUT2D eigenvalue weighted by Crippen LogP contribution is -2.31. The summed E-state index contributed by atoms with van der Waals surface area (Å²) in [5.74, 6) is 1.48. The summed E-state index contributed by atoms with van der Waals surface area (Å²) in [6.45, 7) is 6.42. The third-order valence-corrected chi connectivity index (χ3v) is 3.72. The summed E-state index contributed by atoms with van der Waals surface area (Å²) in [6.07, 6.45) is 5.85. The molecule has 1 aliphatic rings. The van der Waals surface area contributed by atoms with Crippen LogP contribution < -0.4 is 5.32 Å². The van der Waals surface area contributed by atoms with Gasteiger partial charge in [-0.2, -0.15) is 5.10 Å². The van der Waals surface area contributed by atoms with Crippen molar-refractivity contribution in [2.75, 3.05) is 5.32 Å². The fourth-order valence-corrected chi connectivity index (χ4v) is 2.26. The Labute approximate surface area is 103 Å². The Hall–Kier alpha value is -1.19. The molecule has 1 heterocycles. The van der Waals surface area contributed by atoms with Crippen molar-refractivity contribution in [1.82, 2.24) is 15.2 Å². The van der Waals surface area contributed by atoms with Gasteiger partial charge < -0.3 is 5.32 Å². The second-order valence-electron chi connectivity index (χ2n) is 4.86. The average molecular weight is 234 g/mol. The van der Waals surface area contributed by atoms with Gasteiger partial charge in [0.05, 0.1) is 11.4 Å².